The van der Waals surface area contributed by atoms with Crippen LogP contribution in [-0.2, 0) is 14.3 Å². The van der Waals surface area contributed by atoms with E-state index < -0.39 is 0 Å². The standard InChI is InChI=1S/C17H27NO3/c1-5-12-10-14(13-6-7-17(4,18)15(12)13)20-8-9-21-16(19)11(2)3/h6-7,12-15H,2,5,8-10,18H2,1,3-4H3. The first kappa shape index (κ1) is 16.2. The van der Waals surface area contributed by atoms with Gasteiger partial charge < -0.3 is 15.2 Å². The number of hydrogen-bond acceptors (Lipinski definition) is 4. The van der Waals surface area contributed by atoms with E-state index in [2.05, 4.69) is 32.6 Å². The molecular formula is C17H27NO3. The Kier molecular flexibility index (Phi) is 4.89. The van der Waals surface area contributed by atoms with Crippen LogP contribution >= 0.6 is 0 Å². The second-order valence-electron chi connectivity index (χ2n) is 6.56. The molecule has 0 aromatic rings. The zero-order valence-electron chi connectivity index (χ0n) is 13.3. The second kappa shape index (κ2) is 6.32. The zero-order valence-corrected chi connectivity index (χ0v) is 13.3. The minimum Gasteiger partial charge on any atom is -0.460 e. The lowest BCUT2D eigenvalue weighted by Crippen LogP contribution is -2.43. The Morgan fingerprint density at radius 2 is 2.19 bits per heavy atom. The van der Waals surface area contributed by atoms with Crippen molar-refractivity contribution in [2.45, 2.75) is 45.3 Å². The fourth-order valence-electron chi connectivity index (χ4n) is 3.80. The van der Waals surface area contributed by atoms with Gasteiger partial charge in [-0.3, -0.25) is 0 Å². The summed E-state index contributed by atoms with van der Waals surface area (Å²) in [5.41, 5.74) is 6.59. The molecule has 0 aromatic carbocycles. The first-order valence-electron chi connectivity index (χ1n) is 7.79. The lowest BCUT2D eigenvalue weighted by atomic mass is 9.79. The molecule has 118 valence electrons. The number of fused-ring (bicyclic) bond motifs is 1. The molecule has 0 aromatic heterocycles. The monoisotopic (exact) mass is 293 g/mol. The van der Waals surface area contributed by atoms with Crippen molar-refractivity contribution in [1.82, 2.24) is 0 Å². The normalized spacial score (nSPS) is 37.5. The molecule has 0 bridgehead atoms. The number of ether oxygens (including phenoxy) is 2. The summed E-state index contributed by atoms with van der Waals surface area (Å²) < 4.78 is 11.0. The molecule has 0 spiro atoms. The molecule has 1 saturated carbocycles. The Labute approximate surface area is 127 Å². The van der Waals surface area contributed by atoms with Gasteiger partial charge in [-0.2, -0.15) is 0 Å². The van der Waals surface area contributed by atoms with Crippen LogP contribution in [0.4, 0.5) is 0 Å². The second-order valence-corrected chi connectivity index (χ2v) is 6.56. The molecular weight excluding hydrogens is 266 g/mol. The molecule has 4 heteroatoms. The Morgan fingerprint density at radius 1 is 1.48 bits per heavy atom. The highest BCUT2D eigenvalue weighted by Crippen LogP contribution is 2.50. The van der Waals surface area contributed by atoms with Crippen LogP contribution < -0.4 is 5.73 Å². The van der Waals surface area contributed by atoms with E-state index >= 15 is 0 Å². The molecule has 5 unspecified atom stereocenters. The van der Waals surface area contributed by atoms with Crippen LogP contribution in [0.5, 0.6) is 0 Å². The Morgan fingerprint density at radius 3 is 2.81 bits per heavy atom. The molecule has 2 rings (SSSR count). The molecule has 0 aliphatic heterocycles. The largest absolute Gasteiger partial charge is 0.460 e. The molecule has 5 atom stereocenters. The number of carbonyl (C=O) groups excluding carboxylic acids is 1. The van der Waals surface area contributed by atoms with Crippen molar-refractivity contribution in [3.05, 3.63) is 24.3 Å². The van der Waals surface area contributed by atoms with E-state index in [1.807, 2.05) is 0 Å². The van der Waals surface area contributed by atoms with Crippen LogP contribution in [0.15, 0.2) is 24.3 Å². The summed E-state index contributed by atoms with van der Waals surface area (Å²) in [7, 11) is 0. The van der Waals surface area contributed by atoms with E-state index in [0.29, 0.717) is 29.9 Å². The molecule has 1 fully saturated rings. The van der Waals surface area contributed by atoms with Crippen LogP contribution in [-0.4, -0.2) is 30.8 Å². The first-order valence-corrected chi connectivity index (χ1v) is 7.79. The summed E-state index contributed by atoms with van der Waals surface area (Å²) >= 11 is 0. The van der Waals surface area contributed by atoms with Crippen LogP contribution in [0.3, 0.4) is 0 Å². The van der Waals surface area contributed by atoms with Crippen molar-refractivity contribution >= 4 is 5.97 Å². The van der Waals surface area contributed by atoms with Gasteiger partial charge in [-0.1, -0.05) is 32.1 Å². The molecule has 0 amide bonds. The highest BCUT2D eigenvalue weighted by Gasteiger charge is 2.51. The van der Waals surface area contributed by atoms with E-state index in [4.69, 9.17) is 15.2 Å². The lowest BCUT2D eigenvalue weighted by Gasteiger charge is -2.31. The number of rotatable bonds is 6. The molecule has 2 aliphatic rings. The van der Waals surface area contributed by atoms with Gasteiger partial charge in [0.05, 0.1) is 12.7 Å². The van der Waals surface area contributed by atoms with Gasteiger partial charge in [0.15, 0.2) is 0 Å². The van der Waals surface area contributed by atoms with Crippen LogP contribution in [0.25, 0.3) is 0 Å². The van der Waals surface area contributed by atoms with Crippen LogP contribution in [0, 0.1) is 17.8 Å². The SMILES string of the molecule is C=C(C)C(=O)OCCOC1CC(CC)C2C1C=CC2(C)N. The van der Waals surface area contributed by atoms with Crippen molar-refractivity contribution in [3.63, 3.8) is 0 Å². The summed E-state index contributed by atoms with van der Waals surface area (Å²) in [6, 6.07) is 0. The van der Waals surface area contributed by atoms with Gasteiger partial charge in [0.25, 0.3) is 0 Å². The van der Waals surface area contributed by atoms with Crippen LogP contribution in [0.1, 0.15) is 33.6 Å². The van der Waals surface area contributed by atoms with E-state index in [0.717, 1.165) is 12.8 Å². The van der Waals surface area contributed by atoms with E-state index in [9.17, 15) is 4.79 Å². The van der Waals surface area contributed by atoms with E-state index in [-0.39, 0.29) is 24.2 Å². The summed E-state index contributed by atoms with van der Waals surface area (Å²) in [6.45, 7) is 10.2. The summed E-state index contributed by atoms with van der Waals surface area (Å²) in [5.74, 6) is 1.10. The third-order valence-corrected chi connectivity index (χ3v) is 4.80. The zero-order chi connectivity index (χ0) is 15.6. The van der Waals surface area contributed by atoms with Crippen molar-refractivity contribution < 1.29 is 14.3 Å². The highest BCUT2D eigenvalue weighted by molar-refractivity contribution is 5.86. The fourth-order valence-corrected chi connectivity index (χ4v) is 3.80. The lowest BCUT2D eigenvalue weighted by molar-refractivity contribution is -0.141. The Hall–Kier alpha value is -1.13. The molecule has 4 nitrogen and oxygen atoms in total. The van der Waals surface area contributed by atoms with E-state index in [1.165, 1.54) is 0 Å². The summed E-state index contributed by atoms with van der Waals surface area (Å²) in [6.07, 6.45) is 6.69. The predicted molar refractivity (Wildman–Crippen MR) is 82.6 cm³/mol. The van der Waals surface area contributed by atoms with E-state index in [1.54, 1.807) is 6.92 Å². The van der Waals surface area contributed by atoms with Gasteiger partial charge in [0.2, 0.25) is 0 Å². The molecule has 2 aliphatic carbocycles. The average Bonchev–Trinajstić information content (AvgIpc) is 2.93. The molecule has 0 saturated heterocycles. The number of nitrogens with two attached hydrogens (primary N) is 1. The predicted octanol–water partition coefficient (Wildman–Crippen LogP) is 2.44. The smallest absolute Gasteiger partial charge is 0.333 e. The van der Waals surface area contributed by atoms with Gasteiger partial charge in [0.1, 0.15) is 6.61 Å². The maximum absolute atomic E-state index is 11.3. The summed E-state index contributed by atoms with van der Waals surface area (Å²) in [5, 5.41) is 0. The molecule has 0 heterocycles. The maximum Gasteiger partial charge on any atom is 0.333 e. The average molecular weight is 293 g/mol. The number of esters is 1. The quantitative estimate of drug-likeness (QED) is 0.354. The Balaban J connectivity index is 1.84. The molecule has 2 N–H and O–H groups in total. The third-order valence-electron chi connectivity index (χ3n) is 4.80. The van der Waals surface area contributed by atoms with Gasteiger partial charge >= 0.3 is 5.97 Å². The van der Waals surface area contributed by atoms with Gasteiger partial charge in [-0.05, 0) is 32.1 Å². The van der Waals surface area contributed by atoms with Crippen LogP contribution in [0.2, 0.25) is 0 Å². The molecule has 21 heavy (non-hydrogen) atoms. The van der Waals surface area contributed by atoms with Crippen molar-refractivity contribution in [2.24, 2.45) is 23.5 Å². The highest BCUT2D eigenvalue weighted by atomic mass is 16.6. The Bertz CT molecular complexity index is 441. The number of hydrogen-bond donors (Lipinski definition) is 1. The maximum atomic E-state index is 11.3. The molecule has 0 radical (unpaired) electrons. The topological polar surface area (TPSA) is 61.5 Å². The number of carbonyl (C=O) groups is 1. The summed E-state index contributed by atoms with van der Waals surface area (Å²) in [4.78, 5) is 11.3. The van der Waals surface area contributed by atoms with Crippen molar-refractivity contribution in [3.8, 4) is 0 Å². The third kappa shape index (κ3) is 3.38. The van der Waals surface area contributed by atoms with Gasteiger partial charge in [-0.25, -0.2) is 4.79 Å². The van der Waals surface area contributed by atoms with Gasteiger partial charge in [-0.15, -0.1) is 0 Å². The minimum atomic E-state index is -0.357. The van der Waals surface area contributed by atoms with Gasteiger partial charge in [0, 0.05) is 17.0 Å². The fraction of sp³-hybridized carbons (Fsp3) is 0.706. The minimum absolute atomic E-state index is 0.185. The first-order chi connectivity index (χ1) is 9.86. The van der Waals surface area contributed by atoms with Crippen molar-refractivity contribution in [2.75, 3.05) is 13.2 Å². The van der Waals surface area contributed by atoms with Crippen molar-refractivity contribution in [1.29, 1.82) is 0 Å².